The third-order valence-electron chi connectivity index (χ3n) is 7.79. The molecule has 5 rings (SSSR count). The van der Waals surface area contributed by atoms with Gasteiger partial charge in [-0.2, -0.15) is 0 Å². The van der Waals surface area contributed by atoms with Gasteiger partial charge >= 0.3 is 0 Å². The molecule has 1 N–H and O–H groups in total. The van der Waals surface area contributed by atoms with Crippen LogP contribution in [0.5, 0.6) is 0 Å². The van der Waals surface area contributed by atoms with Crippen molar-refractivity contribution in [2.45, 2.75) is 58.2 Å². The molecule has 9 heteroatoms. The van der Waals surface area contributed by atoms with Crippen molar-refractivity contribution in [1.82, 2.24) is 24.3 Å². The Kier molecular flexibility index (Phi) is 8.09. The van der Waals surface area contributed by atoms with Crippen molar-refractivity contribution in [3.8, 4) is 0 Å². The number of hydrogen-bond acceptors (Lipinski definition) is 6. The van der Waals surface area contributed by atoms with Crippen molar-refractivity contribution < 1.29 is 14.3 Å². The average molecular weight is 531 g/mol. The standard InChI is InChI=1S/C30H38N6O3/c1-5-28(37)35-12-7-6-8-24(18-35)36-27-10-9-22(17-34-13-11-25(19-34)39-4)16-26(27)32-30(36)33-29(38)23-14-20(2)31-21(3)15-23/h5,9-10,14-16,24-25H,1,6-8,11-13,17-19H2,2-4H3,(H,32,33,38). The second-order valence-electron chi connectivity index (χ2n) is 10.7. The molecular weight excluding hydrogens is 492 g/mol. The number of hydrogen-bond donors (Lipinski definition) is 1. The number of carbonyl (C=O) groups excluding carboxylic acids is 2. The number of pyridine rings is 1. The number of benzene rings is 1. The van der Waals surface area contributed by atoms with Gasteiger partial charge in [0.2, 0.25) is 11.9 Å². The predicted molar refractivity (Wildman–Crippen MR) is 152 cm³/mol. The molecule has 2 unspecified atom stereocenters. The van der Waals surface area contributed by atoms with Crippen molar-refractivity contribution in [1.29, 1.82) is 0 Å². The van der Waals surface area contributed by atoms with Gasteiger partial charge in [0, 0.05) is 56.8 Å². The molecule has 2 saturated heterocycles. The van der Waals surface area contributed by atoms with E-state index in [4.69, 9.17) is 9.72 Å². The van der Waals surface area contributed by atoms with Gasteiger partial charge in [0.25, 0.3) is 5.91 Å². The Bertz CT molecular complexity index is 1360. The topological polar surface area (TPSA) is 92.6 Å². The molecule has 39 heavy (non-hydrogen) atoms. The highest BCUT2D eigenvalue weighted by molar-refractivity contribution is 6.04. The number of nitrogens with one attached hydrogen (secondary N) is 1. The Hall–Kier alpha value is -3.56. The molecule has 206 valence electrons. The number of methoxy groups -OCH3 is 1. The molecular formula is C30H38N6O3. The van der Waals surface area contributed by atoms with E-state index in [2.05, 4.69) is 44.5 Å². The minimum absolute atomic E-state index is 0.0236. The summed E-state index contributed by atoms with van der Waals surface area (Å²) in [5.74, 6) is 0.204. The van der Waals surface area contributed by atoms with E-state index in [0.717, 1.165) is 67.7 Å². The lowest BCUT2D eigenvalue weighted by molar-refractivity contribution is -0.126. The van der Waals surface area contributed by atoms with Crippen LogP contribution in [0.3, 0.4) is 0 Å². The molecule has 9 nitrogen and oxygen atoms in total. The normalized spacial score (nSPS) is 20.2. The van der Waals surface area contributed by atoms with Gasteiger partial charge in [-0.3, -0.25) is 24.8 Å². The number of aromatic nitrogens is 3. The maximum Gasteiger partial charge on any atom is 0.258 e. The van der Waals surface area contributed by atoms with Crippen LogP contribution < -0.4 is 5.32 Å². The van der Waals surface area contributed by atoms with E-state index in [-0.39, 0.29) is 24.0 Å². The highest BCUT2D eigenvalue weighted by Gasteiger charge is 2.27. The third-order valence-corrected chi connectivity index (χ3v) is 7.79. The molecule has 2 aliphatic rings. The van der Waals surface area contributed by atoms with Gasteiger partial charge in [0.05, 0.1) is 23.2 Å². The minimum Gasteiger partial charge on any atom is -0.380 e. The van der Waals surface area contributed by atoms with Gasteiger partial charge in [0.15, 0.2) is 0 Å². The fourth-order valence-corrected chi connectivity index (χ4v) is 5.89. The van der Waals surface area contributed by atoms with Crippen LogP contribution in [0.2, 0.25) is 0 Å². The Morgan fingerprint density at radius 3 is 2.59 bits per heavy atom. The second-order valence-corrected chi connectivity index (χ2v) is 10.7. The van der Waals surface area contributed by atoms with E-state index < -0.39 is 0 Å². The van der Waals surface area contributed by atoms with Crippen LogP contribution in [0.1, 0.15) is 59.0 Å². The lowest BCUT2D eigenvalue weighted by Crippen LogP contribution is -2.34. The maximum absolute atomic E-state index is 13.4. The summed E-state index contributed by atoms with van der Waals surface area (Å²) >= 11 is 0. The van der Waals surface area contributed by atoms with Crippen molar-refractivity contribution in [3.63, 3.8) is 0 Å². The second kappa shape index (κ2) is 11.7. The Morgan fingerprint density at radius 2 is 1.87 bits per heavy atom. The quantitative estimate of drug-likeness (QED) is 0.459. The van der Waals surface area contributed by atoms with Crippen LogP contribution in [-0.2, 0) is 16.1 Å². The molecule has 3 aromatic rings. The van der Waals surface area contributed by atoms with E-state index >= 15 is 0 Å². The summed E-state index contributed by atoms with van der Waals surface area (Å²) in [6, 6.07) is 9.91. The van der Waals surface area contributed by atoms with E-state index in [1.165, 1.54) is 11.6 Å². The van der Waals surface area contributed by atoms with Crippen LogP contribution in [-0.4, -0.2) is 75.5 Å². The van der Waals surface area contributed by atoms with E-state index in [0.29, 0.717) is 24.6 Å². The molecule has 2 aliphatic heterocycles. The molecule has 0 bridgehead atoms. The summed E-state index contributed by atoms with van der Waals surface area (Å²) < 4.78 is 7.65. The van der Waals surface area contributed by atoms with Gasteiger partial charge in [-0.1, -0.05) is 12.6 Å². The molecule has 0 spiro atoms. The van der Waals surface area contributed by atoms with Crippen LogP contribution in [0, 0.1) is 13.8 Å². The smallest absolute Gasteiger partial charge is 0.258 e. The maximum atomic E-state index is 13.4. The number of ether oxygens (including phenoxy) is 1. The average Bonchev–Trinajstić information content (AvgIpc) is 3.43. The van der Waals surface area contributed by atoms with Crippen LogP contribution in [0.25, 0.3) is 11.0 Å². The largest absolute Gasteiger partial charge is 0.380 e. The number of carbonyl (C=O) groups is 2. The predicted octanol–water partition coefficient (Wildman–Crippen LogP) is 4.26. The number of nitrogens with zero attached hydrogens (tertiary/aromatic N) is 5. The van der Waals surface area contributed by atoms with Crippen molar-refractivity contribution in [2.75, 3.05) is 38.6 Å². The van der Waals surface area contributed by atoms with Crippen molar-refractivity contribution >= 4 is 28.8 Å². The minimum atomic E-state index is -0.226. The first-order chi connectivity index (χ1) is 18.8. The van der Waals surface area contributed by atoms with Gasteiger partial charge in [0.1, 0.15) is 0 Å². The Morgan fingerprint density at radius 1 is 1.08 bits per heavy atom. The highest BCUT2D eigenvalue weighted by atomic mass is 16.5. The van der Waals surface area contributed by atoms with Crippen molar-refractivity contribution in [2.24, 2.45) is 0 Å². The summed E-state index contributed by atoms with van der Waals surface area (Å²) in [4.78, 5) is 39.5. The number of amides is 2. The highest BCUT2D eigenvalue weighted by Crippen LogP contribution is 2.31. The molecule has 0 aliphatic carbocycles. The number of imidazole rings is 1. The SMILES string of the molecule is C=CC(=O)N1CCCCC(n2c(NC(=O)c3cc(C)nc(C)c3)nc3cc(CN4CCC(OC)C4)ccc32)C1. The Labute approximate surface area is 229 Å². The van der Waals surface area contributed by atoms with Crippen LogP contribution >= 0.6 is 0 Å². The zero-order valence-electron chi connectivity index (χ0n) is 23.2. The van der Waals surface area contributed by atoms with Crippen molar-refractivity contribution in [3.05, 3.63) is 65.5 Å². The number of likely N-dealkylation sites (tertiary alicyclic amines) is 2. The molecule has 0 saturated carbocycles. The summed E-state index contributed by atoms with van der Waals surface area (Å²) in [5.41, 5.74) is 5.08. The number of rotatable bonds is 7. The zero-order chi connectivity index (χ0) is 27.5. The van der Waals surface area contributed by atoms with Gasteiger partial charge in [-0.25, -0.2) is 4.98 Å². The van der Waals surface area contributed by atoms with E-state index in [1.54, 1.807) is 19.2 Å². The first kappa shape index (κ1) is 27.0. The Balaban J connectivity index is 1.50. The zero-order valence-corrected chi connectivity index (χ0v) is 23.2. The number of anilines is 1. The molecule has 2 atom stereocenters. The summed E-state index contributed by atoms with van der Waals surface area (Å²) in [6.07, 6.45) is 5.50. The molecule has 1 aromatic carbocycles. The lowest BCUT2D eigenvalue weighted by atomic mass is 10.1. The van der Waals surface area contributed by atoms with E-state index in [9.17, 15) is 9.59 Å². The summed E-state index contributed by atoms with van der Waals surface area (Å²) in [6.45, 7) is 11.4. The van der Waals surface area contributed by atoms with Gasteiger partial charge in [-0.05, 0) is 75.4 Å². The molecule has 2 fully saturated rings. The molecule has 4 heterocycles. The van der Waals surface area contributed by atoms with Gasteiger partial charge in [-0.15, -0.1) is 0 Å². The van der Waals surface area contributed by atoms with E-state index in [1.807, 2.05) is 18.7 Å². The fraction of sp³-hybridized carbons (Fsp3) is 0.467. The lowest BCUT2D eigenvalue weighted by Gasteiger charge is -2.26. The fourth-order valence-electron chi connectivity index (χ4n) is 5.89. The first-order valence-corrected chi connectivity index (χ1v) is 13.8. The molecule has 0 radical (unpaired) electrons. The van der Waals surface area contributed by atoms with Gasteiger partial charge < -0.3 is 14.2 Å². The number of fused-ring (bicyclic) bond motifs is 1. The van der Waals surface area contributed by atoms with Crippen LogP contribution in [0.4, 0.5) is 5.95 Å². The molecule has 2 aromatic heterocycles. The first-order valence-electron chi connectivity index (χ1n) is 13.8. The third kappa shape index (κ3) is 6.04. The molecule has 2 amide bonds. The summed E-state index contributed by atoms with van der Waals surface area (Å²) in [5, 5.41) is 3.09. The van der Waals surface area contributed by atoms with Crippen LogP contribution in [0.15, 0.2) is 43.0 Å². The summed E-state index contributed by atoms with van der Waals surface area (Å²) in [7, 11) is 1.77. The monoisotopic (exact) mass is 530 g/mol. The number of aryl methyl sites for hydroxylation is 2.